The molecule has 2 nitrogen and oxygen atoms in total. The third-order valence-corrected chi connectivity index (χ3v) is 4.34. The van der Waals surface area contributed by atoms with E-state index in [1.54, 1.807) is 14.2 Å². The Morgan fingerprint density at radius 1 is 0.600 bits per heavy atom. The first kappa shape index (κ1) is 17.1. The summed E-state index contributed by atoms with van der Waals surface area (Å²) in [6, 6.07) is 27.2. The van der Waals surface area contributed by atoms with Crippen LogP contribution in [0.3, 0.4) is 0 Å². The minimum atomic E-state index is 0.889. The summed E-state index contributed by atoms with van der Waals surface area (Å²) in [6.45, 7) is 0. The normalized spacial score (nSPS) is 10.7. The van der Waals surface area contributed by atoms with E-state index in [2.05, 4.69) is 54.6 Å². The molecule has 0 aliphatic rings. The Kier molecular flexibility index (Phi) is 5.73. The van der Waals surface area contributed by atoms with Crippen molar-refractivity contribution in [3.05, 3.63) is 101 Å². The van der Waals surface area contributed by atoms with Crippen molar-refractivity contribution in [1.82, 2.24) is 0 Å². The summed E-state index contributed by atoms with van der Waals surface area (Å²) in [6.07, 6.45) is 1.83. The highest BCUT2D eigenvalue weighted by molar-refractivity contribution is 5.39. The molecule has 0 spiro atoms. The lowest BCUT2D eigenvalue weighted by atomic mass is 9.86. The second-order valence-corrected chi connectivity index (χ2v) is 6.02. The average molecular weight is 331 g/mol. The SMILES string of the molecule is COc1ccc(C[C](Cc2ccc(OC)cc2)c2ccccc2)cc1. The van der Waals surface area contributed by atoms with Crippen molar-refractivity contribution in [2.45, 2.75) is 12.8 Å². The van der Waals surface area contributed by atoms with Gasteiger partial charge in [0.2, 0.25) is 0 Å². The van der Waals surface area contributed by atoms with E-state index in [9.17, 15) is 0 Å². The standard InChI is InChI=1S/C23H23O2/c1-24-22-12-8-18(9-13-22)16-21(20-6-4-3-5-7-20)17-19-10-14-23(25-2)15-11-19/h3-15H,16-17H2,1-2H3. The molecule has 3 aromatic rings. The van der Waals surface area contributed by atoms with Gasteiger partial charge in [-0.3, -0.25) is 0 Å². The summed E-state index contributed by atoms with van der Waals surface area (Å²) >= 11 is 0. The maximum atomic E-state index is 5.26. The molecule has 0 amide bonds. The van der Waals surface area contributed by atoms with E-state index >= 15 is 0 Å². The van der Waals surface area contributed by atoms with Gasteiger partial charge in [-0.25, -0.2) is 0 Å². The smallest absolute Gasteiger partial charge is 0.118 e. The van der Waals surface area contributed by atoms with Crippen LogP contribution in [0.5, 0.6) is 11.5 Å². The Morgan fingerprint density at radius 2 is 1.04 bits per heavy atom. The molecule has 0 saturated carbocycles. The van der Waals surface area contributed by atoms with Gasteiger partial charge in [0.1, 0.15) is 11.5 Å². The van der Waals surface area contributed by atoms with Gasteiger partial charge >= 0.3 is 0 Å². The molecule has 0 heterocycles. The third kappa shape index (κ3) is 4.63. The summed E-state index contributed by atoms with van der Waals surface area (Å²) in [5.41, 5.74) is 3.86. The number of benzene rings is 3. The highest BCUT2D eigenvalue weighted by Crippen LogP contribution is 2.26. The van der Waals surface area contributed by atoms with Crippen LogP contribution in [0.4, 0.5) is 0 Å². The first-order valence-corrected chi connectivity index (χ1v) is 8.44. The molecule has 0 aliphatic carbocycles. The fraction of sp³-hybridized carbons (Fsp3) is 0.174. The van der Waals surface area contributed by atoms with Crippen LogP contribution in [0.1, 0.15) is 16.7 Å². The van der Waals surface area contributed by atoms with Crippen LogP contribution >= 0.6 is 0 Å². The van der Waals surface area contributed by atoms with E-state index in [4.69, 9.17) is 9.47 Å². The molecular formula is C23H23O2. The molecule has 1 radical (unpaired) electrons. The highest BCUT2D eigenvalue weighted by Gasteiger charge is 2.14. The first-order chi connectivity index (χ1) is 12.3. The first-order valence-electron chi connectivity index (χ1n) is 8.44. The fourth-order valence-corrected chi connectivity index (χ4v) is 2.92. The molecule has 0 atom stereocenters. The van der Waals surface area contributed by atoms with E-state index in [0.717, 1.165) is 24.3 Å². The molecule has 0 N–H and O–H groups in total. The third-order valence-electron chi connectivity index (χ3n) is 4.34. The lowest BCUT2D eigenvalue weighted by Gasteiger charge is -2.18. The van der Waals surface area contributed by atoms with Gasteiger partial charge in [-0.05, 0) is 53.8 Å². The Hall–Kier alpha value is -2.74. The Balaban J connectivity index is 1.81. The second kappa shape index (κ2) is 8.39. The van der Waals surface area contributed by atoms with E-state index in [1.165, 1.54) is 22.6 Å². The van der Waals surface area contributed by atoms with Crippen LogP contribution in [0.2, 0.25) is 0 Å². The molecule has 0 saturated heterocycles. The molecule has 25 heavy (non-hydrogen) atoms. The van der Waals surface area contributed by atoms with Crippen molar-refractivity contribution >= 4 is 0 Å². The summed E-state index contributed by atoms with van der Waals surface area (Å²) in [5.74, 6) is 3.18. The monoisotopic (exact) mass is 331 g/mol. The fourth-order valence-electron chi connectivity index (χ4n) is 2.92. The van der Waals surface area contributed by atoms with Gasteiger partial charge in [-0.2, -0.15) is 0 Å². The maximum absolute atomic E-state index is 5.26. The van der Waals surface area contributed by atoms with Crippen molar-refractivity contribution in [2.24, 2.45) is 0 Å². The number of hydrogen-bond acceptors (Lipinski definition) is 2. The summed E-state index contributed by atoms with van der Waals surface area (Å²) < 4.78 is 10.5. The Bertz CT molecular complexity index is 712. The molecule has 0 aromatic heterocycles. The number of methoxy groups -OCH3 is 2. The number of ether oxygens (including phenoxy) is 2. The van der Waals surface area contributed by atoms with Gasteiger partial charge < -0.3 is 9.47 Å². The quantitative estimate of drug-likeness (QED) is 0.599. The van der Waals surface area contributed by atoms with Crippen LogP contribution in [0.25, 0.3) is 0 Å². The van der Waals surface area contributed by atoms with E-state index in [1.807, 2.05) is 24.3 Å². The van der Waals surface area contributed by atoms with E-state index in [0.29, 0.717) is 0 Å². The van der Waals surface area contributed by atoms with Crippen molar-refractivity contribution in [1.29, 1.82) is 0 Å². The molecule has 0 bridgehead atoms. The summed E-state index contributed by atoms with van der Waals surface area (Å²) in [7, 11) is 3.39. The summed E-state index contributed by atoms with van der Waals surface area (Å²) in [5, 5.41) is 0. The molecule has 3 rings (SSSR count). The Labute approximate surface area is 150 Å². The van der Waals surface area contributed by atoms with Crippen LogP contribution in [-0.2, 0) is 12.8 Å². The zero-order valence-corrected chi connectivity index (χ0v) is 14.7. The van der Waals surface area contributed by atoms with Gasteiger partial charge in [0, 0.05) is 5.92 Å². The largest absolute Gasteiger partial charge is 0.497 e. The molecule has 127 valence electrons. The van der Waals surface area contributed by atoms with Gasteiger partial charge in [-0.15, -0.1) is 0 Å². The van der Waals surface area contributed by atoms with Crippen molar-refractivity contribution < 1.29 is 9.47 Å². The molecule has 2 heteroatoms. The zero-order chi connectivity index (χ0) is 17.5. The average Bonchev–Trinajstić information content (AvgIpc) is 2.69. The zero-order valence-electron chi connectivity index (χ0n) is 14.7. The van der Waals surface area contributed by atoms with Crippen LogP contribution in [-0.4, -0.2) is 14.2 Å². The Morgan fingerprint density at radius 3 is 1.44 bits per heavy atom. The van der Waals surface area contributed by atoms with Crippen molar-refractivity contribution in [3.8, 4) is 11.5 Å². The molecule has 0 fully saturated rings. The minimum absolute atomic E-state index is 0.889. The van der Waals surface area contributed by atoms with Gasteiger partial charge in [0.05, 0.1) is 14.2 Å². The topological polar surface area (TPSA) is 18.5 Å². The number of hydrogen-bond donors (Lipinski definition) is 0. The van der Waals surface area contributed by atoms with Crippen LogP contribution in [0.15, 0.2) is 78.9 Å². The molecule has 3 aromatic carbocycles. The predicted octanol–water partition coefficient (Wildman–Crippen LogP) is 5.11. The molecular weight excluding hydrogens is 308 g/mol. The predicted molar refractivity (Wildman–Crippen MR) is 102 cm³/mol. The lowest BCUT2D eigenvalue weighted by molar-refractivity contribution is 0.414. The van der Waals surface area contributed by atoms with Gasteiger partial charge in [-0.1, -0.05) is 54.6 Å². The van der Waals surface area contributed by atoms with Gasteiger partial charge in [0.15, 0.2) is 0 Å². The molecule has 0 aliphatic heterocycles. The number of rotatable bonds is 7. The van der Waals surface area contributed by atoms with E-state index in [-0.39, 0.29) is 0 Å². The highest BCUT2D eigenvalue weighted by atomic mass is 16.5. The van der Waals surface area contributed by atoms with Crippen LogP contribution < -0.4 is 9.47 Å². The maximum Gasteiger partial charge on any atom is 0.118 e. The summed E-state index contributed by atoms with van der Waals surface area (Å²) in [4.78, 5) is 0. The minimum Gasteiger partial charge on any atom is -0.497 e. The van der Waals surface area contributed by atoms with Crippen molar-refractivity contribution in [3.63, 3.8) is 0 Å². The van der Waals surface area contributed by atoms with Crippen LogP contribution in [0, 0.1) is 5.92 Å². The lowest BCUT2D eigenvalue weighted by Crippen LogP contribution is -2.08. The molecule has 0 unspecified atom stereocenters. The second-order valence-electron chi connectivity index (χ2n) is 6.02. The van der Waals surface area contributed by atoms with Gasteiger partial charge in [0.25, 0.3) is 0 Å². The van der Waals surface area contributed by atoms with Crippen molar-refractivity contribution in [2.75, 3.05) is 14.2 Å². The van der Waals surface area contributed by atoms with E-state index < -0.39 is 0 Å².